The van der Waals surface area contributed by atoms with Crippen molar-refractivity contribution >= 4 is 15.1 Å². The smallest absolute Gasteiger partial charge is 0.138 e. The lowest BCUT2D eigenvalue weighted by atomic mass is 10.4. The molecule has 0 saturated carbocycles. The highest BCUT2D eigenvalue weighted by molar-refractivity contribution is 7.00. The Hall–Kier alpha value is -0.560. The molecule has 0 saturated heterocycles. The Bertz CT molecular complexity index is 123. The molecule has 5 heteroatoms. The fraction of sp³-hybridized carbons (Fsp3) is 0.833. The summed E-state index contributed by atoms with van der Waals surface area (Å²) in [6.45, 7) is 1.76. The molecule has 0 unspecified atom stereocenters. The summed E-state index contributed by atoms with van der Waals surface area (Å²) in [6, 6.07) is 2.00. The maximum atomic E-state index is 8.06. The average molecular weight is 175 g/mol. The molecule has 0 bridgehead atoms. The van der Waals surface area contributed by atoms with Crippen molar-refractivity contribution in [3.63, 3.8) is 0 Å². The molecule has 0 aromatic carbocycles. The second-order valence-electron chi connectivity index (χ2n) is 2.15. The van der Waals surface area contributed by atoms with Gasteiger partial charge in [-0.15, -0.1) is 0 Å². The predicted octanol–water partition coefficient (Wildman–Crippen LogP) is 1.17. The molecule has 0 radical (unpaired) electrons. The van der Waals surface area contributed by atoms with Gasteiger partial charge in [0.15, 0.2) is 0 Å². The lowest BCUT2D eigenvalue weighted by Gasteiger charge is -2.05. The van der Waals surface area contributed by atoms with E-state index in [0.717, 1.165) is 19.5 Å². The van der Waals surface area contributed by atoms with Crippen molar-refractivity contribution in [3.05, 3.63) is 0 Å². The van der Waals surface area contributed by atoms with Crippen molar-refractivity contribution in [2.75, 3.05) is 27.2 Å². The molecule has 0 amide bonds. The second kappa shape index (κ2) is 12.1. The quantitative estimate of drug-likeness (QED) is 0.396. The molecular formula is C6H14N3OP. The summed E-state index contributed by atoms with van der Waals surface area (Å²) in [4.78, 5) is 5.73. The standard InChI is InChI=1S/C6H13N3.HOP/c1-9(2)5-3-4-8-6-7;1-2/h7H,3-5H2,1-2H3;2H. The summed E-state index contributed by atoms with van der Waals surface area (Å²) in [5.74, 6) is 0. The van der Waals surface area contributed by atoms with Crippen LogP contribution in [0.2, 0.25) is 0 Å². The Morgan fingerprint density at radius 1 is 1.55 bits per heavy atom. The number of rotatable bonds is 4. The summed E-state index contributed by atoms with van der Waals surface area (Å²) >= 11 is 0. The van der Waals surface area contributed by atoms with Crippen LogP contribution in [0.1, 0.15) is 6.42 Å². The predicted molar refractivity (Wildman–Crippen MR) is 47.2 cm³/mol. The third-order valence-electron chi connectivity index (χ3n) is 0.954. The first-order valence-corrected chi connectivity index (χ1v) is 3.61. The lowest BCUT2D eigenvalue weighted by molar-refractivity contribution is 0.403. The molecule has 0 atom stereocenters. The zero-order valence-corrected chi connectivity index (χ0v) is 7.92. The Balaban J connectivity index is 0. The molecule has 0 aromatic rings. The van der Waals surface area contributed by atoms with E-state index in [9.17, 15) is 0 Å². The van der Waals surface area contributed by atoms with Gasteiger partial charge in [0.2, 0.25) is 0 Å². The molecule has 1 N–H and O–H groups in total. The van der Waals surface area contributed by atoms with Gasteiger partial charge in [-0.1, -0.05) is 0 Å². The van der Waals surface area contributed by atoms with Crippen LogP contribution in [0.5, 0.6) is 0 Å². The van der Waals surface area contributed by atoms with Gasteiger partial charge in [0.1, 0.15) is 9.12 Å². The van der Waals surface area contributed by atoms with E-state index in [1.54, 1.807) is 9.12 Å². The summed E-state index contributed by atoms with van der Waals surface area (Å²) in [7, 11) is 5.77. The van der Waals surface area contributed by atoms with Crippen LogP contribution in [0, 0.1) is 5.41 Å². The zero-order valence-electron chi connectivity index (χ0n) is 6.92. The van der Waals surface area contributed by atoms with Crippen LogP contribution in [0.25, 0.3) is 0 Å². The van der Waals surface area contributed by atoms with Crippen LogP contribution in [0.3, 0.4) is 0 Å². The van der Waals surface area contributed by atoms with Crippen LogP contribution < -0.4 is 0 Å². The highest BCUT2D eigenvalue weighted by Gasteiger charge is 1.86. The van der Waals surface area contributed by atoms with Crippen molar-refractivity contribution in [1.29, 1.82) is 5.41 Å². The molecular weight excluding hydrogens is 161 g/mol. The van der Waals surface area contributed by atoms with E-state index in [2.05, 4.69) is 9.89 Å². The minimum absolute atomic E-state index is 0.724. The molecule has 0 fully saturated rings. The molecule has 0 aliphatic rings. The Morgan fingerprint density at radius 3 is 2.45 bits per heavy atom. The van der Waals surface area contributed by atoms with Gasteiger partial charge < -0.3 is 4.90 Å². The van der Waals surface area contributed by atoms with Gasteiger partial charge in [-0.3, -0.25) is 4.57 Å². The second-order valence-corrected chi connectivity index (χ2v) is 2.15. The summed E-state index contributed by atoms with van der Waals surface area (Å²) in [6.07, 6.45) is 1.01. The fourth-order valence-electron chi connectivity index (χ4n) is 0.522. The van der Waals surface area contributed by atoms with Crippen LogP contribution in [0.4, 0.5) is 0 Å². The van der Waals surface area contributed by atoms with Crippen LogP contribution in [-0.2, 0) is 4.57 Å². The SMILES string of the molecule is CN(C)CCCN=C=N.O=P. The van der Waals surface area contributed by atoms with E-state index < -0.39 is 0 Å². The summed E-state index contributed by atoms with van der Waals surface area (Å²) in [5, 5.41) is 6.46. The minimum Gasteiger partial charge on any atom is -0.309 e. The molecule has 0 aromatic heterocycles. The van der Waals surface area contributed by atoms with E-state index in [1.165, 1.54) is 0 Å². The third-order valence-corrected chi connectivity index (χ3v) is 0.954. The molecule has 0 heterocycles. The Labute approximate surface area is 69.4 Å². The van der Waals surface area contributed by atoms with E-state index in [4.69, 9.17) is 9.97 Å². The first-order valence-electron chi connectivity index (χ1n) is 3.20. The van der Waals surface area contributed by atoms with Crippen molar-refractivity contribution in [2.45, 2.75) is 6.42 Å². The third kappa shape index (κ3) is 17.7. The van der Waals surface area contributed by atoms with Gasteiger partial charge in [-0.25, -0.2) is 10.4 Å². The minimum atomic E-state index is 0.724. The zero-order chi connectivity index (χ0) is 9.11. The van der Waals surface area contributed by atoms with Gasteiger partial charge in [0.25, 0.3) is 0 Å². The van der Waals surface area contributed by atoms with Gasteiger partial charge in [-0.2, -0.15) is 0 Å². The number of aliphatic imine (C=N–C) groups is 1. The molecule has 0 aliphatic carbocycles. The normalized spacial score (nSPS) is 7.91. The van der Waals surface area contributed by atoms with Crippen LogP contribution in [-0.4, -0.2) is 38.1 Å². The maximum absolute atomic E-state index is 8.06. The molecule has 11 heavy (non-hydrogen) atoms. The van der Waals surface area contributed by atoms with E-state index in [-0.39, 0.29) is 0 Å². The van der Waals surface area contributed by atoms with Crippen LogP contribution >= 0.6 is 9.12 Å². The van der Waals surface area contributed by atoms with Crippen molar-refractivity contribution < 1.29 is 4.57 Å². The number of nitrogens with zero attached hydrogens (tertiary/aromatic N) is 2. The molecule has 64 valence electrons. The maximum Gasteiger partial charge on any atom is 0.138 e. The highest BCUT2D eigenvalue weighted by Crippen LogP contribution is 1.82. The number of hydrogen-bond donors (Lipinski definition) is 1. The molecule has 0 spiro atoms. The van der Waals surface area contributed by atoms with Crippen molar-refractivity contribution in [2.24, 2.45) is 4.99 Å². The number of nitrogens with one attached hydrogen (secondary N) is 1. The lowest BCUT2D eigenvalue weighted by Crippen LogP contribution is -2.13. The summed E-state index contributed by atoms with van der Waals surface area (Å²) in [5.41, 5.74) is 0. The fourth-order valence-corrected chi connectivity index (χ4v) is 0.522. The van der Waals surface area contributed by atoms with E-state index in [0.29, 0.717) is 0 Å². The number of hydrogen-bond acceptors (Lipinski definition) is 4. The first-order chi connectivity index (χ1) is 5.27. The summed E-state index contributed by atoms with van der Waals surface area (Å²) < 4.78 is 8.06. The monoisotopic (exact) mass is 175 g/mol. The average Bonchev–Trinajstić information content (AvgIpc) is 2.02. The molecule has 0 aliphatic heterocycles. The Kier molecular flexibility index (Phi) is 14.4. The van der Waals surface area contributed by atoms with Gasteiger partial charge in [0, 0.05) is 0 Å². The molecule has 0 rings (SSSR count). The highest BCUT2D eigenvalue weighted by atomic mass is 31.0. The van der Waals surface area contributed by atoms with Gasteiger partial charge in [0.05, 0.1) is 12.6 Å². The van der Waals surface area contributed by atoms with E-state index >= 15 is 0 Å². The largest absolute Gasteiger partial charge is 0.309 e. The van der Waals surface area contributed by atoms with E-state index in [1.807, 2.05) is 20.1 Å². The van der Waals surface area contributed by atoms with Gasteiger partial charge in [-0.05, 0) is 27.1 Å². The topological polar surface area (TPSA) is 56.5 Å². The Morgan fingerprint density at radius 2 is 2.09 bits per heavy atom. The molecule has 4 nitrogen and oxygen atoms in total. The van der Waals surface area contributed by atoms with Crippen molar-refractivity contribution in [1.82, 2.24) is 4.90 Å². The van der Waals surface area contributed by atoms with Crippen molar-refractivity contribution in [3.8, 4) is 0 Å². The first kappa shape index (κ1) is 13.1. The van der Waals surface area contributed by atoms with Crippen LogP contribution in [0.15, 0.2) is 4.99 Å². The van der Waals surface area contributed by atoms with Gasteiger partial charge >= 0.3 is 0 Å².